The average Bonchev–Trinajstić information content (AvgIpc) is 2.36. The molecule has 0 radical (unpaired) electrons. The van der Waals surface area contributed by atoms with Gasteiger partial charge in [-0.25, -0.2) is 9.59 Å². The number of likely N-dealkylation sites (N-methyl/N-ethyl adjacent to an activating group) is 1. The topological polar surface area (TPSA) is 69.6 Å². The smallest absolute Gasteiger partial charge is 0.326 e. The quantitative estimate of drug-likeness (QED) is 0.737. The number of urea groups is 1. The summed E-state index contributed by atoms with van der Waals surface area (Å²) in [5.74, 6) is -0.967. The molecule has 0 bridgehead atoms. The van der Waals surface area contributed by atoms with Crippen LogP contribution in [0.15, 0.2) is 0 Å². The van der Waals surface area contributed by atoms with Gasteiger partial charge in [-0.2, -0.15) is 0 Å². The molecule has 0 aliphatic carbocycles. The Morgan fingerprint density at radius 1 is 1.17 bits per heavy atom. The zero-order chi connectivity index (χ0) is 14.3. The number of carboxylic acid groups (broad SMARTS) is 1. The molecule has 106 valence electrons. The molecule has 18 heavy (non-hydrogen) atoms. The van der Waals surface area contributed by atoms with Crippen molar-refractivity contribution in [3.63, 3.8) is 0 Å². The predicted molar refractivity (Wildman–Crippen MR) is 71.6 cm³/mol. The number of carbonyl (C=O) groups is 2. The molecule has 0 aromatic heterocycles. The Kier molecular flexibility index (Phi) is 6.73. The molecule has 2 amide bonds. The molecule has 0 heterocycles. The Hall–Kier alpha value is -1.26. The molecule has 5 heteroatoms. The predicted octanol–water partition coefficient (Wildman–Crippen LogP) is 2.46. The number of hydrogen-bond donors (Lipinski definition) is 2. The van der Waals surface area contributed by atoms with Gasteiger partial charge in [0.25, 0.3) is 0 Å². The highest BCUT2D eigenvalue weighted by Crippen LogP contribution is 2.19. The van der Waals surface area contributed by atoms with Crippen LogP contribution in [0.4, 0.5) is 4.79 Å². The van der Waals surface area contributed by atoms with Crippen molar-refractivity contribution in [1.82, 2.24) is 10.2 Å². The Labute approximate surface area is 110 Å². The zero-order valence-corrected chi connectivity index (χ0v) is 12.1. The lowest BCUT2D eigenvalue weighted by atomic mass is 9.90. The summed E-state index contributed by atoms with van der Waals surface area (Å²) in [5, 5.41) is 12.0. The summed E-state index contributed by atoms with van der Waals surface area (Å²) < 4.78 is 0. The summed E-state index contributed by atoms with van der Waals surface area (Å²) in [7, 11) is 1.53. The largest absolute Gasteiger partial charge is 0.480 e. The van der Waals surface area contributed by atoms with Gasteiger partial charge < -0.3 is 15.3 Å². The van der Waals surface area contributed by atoms with E-state index in [4.69, 9.17) is 5.11 Å². The van der Waals surface area contributed by atoms with E-state index in [2.05, 4.69) is 5.32 Å². The molecule has 0 aromatic rings. The van der Waals surface area contributed by atoms with Crippen molar-refractivity contribution in [3.8, 4) is 0 Å². The van der Waals surface area contributed by atoms with Crippen LogP contribution in [0.25, 0.3) is 0 Å². The number of nitrogens with one attached hydrogen (secondary N) is 1. The number of nitrogens with zero attached hydrogens (tertiary/aromatic N) is 1. The fraction of sp³-hybridized carbons (Fsp3) is 0.846. The molecule has 0 fully saturated rings. The van der Waals surface area contributed by atoms with Gasteiger partial charge in [0.2, 0.25) is 0 Å². The van der Waals surface area contributed by atoms with E-state index < -0.39 is 12.0 Å². The third kappa shape index (κ3) is 3.89. The second kappa shape index (κ2) is 7.24. The first kappa shape index (κ1) is 16.7. The number of carbonyl (C=O) groups excluding carboxylic acids is 1. The van der Waals surface area contributed by atoms with Crippen LogP contribution in [0.3, 0.4) is 0 Å². The molecule has 0 aliphatic heterocycles. The van der Waals surface area contributed by atoms with Crippen molar-refractivity contribution in [2.24, 2.45) is 0 Å². The highest BCUT2D eigenvalue weighted by Gasteiger charge is 2.31. The van der Waals surface area contributed by atoms with Crippen LogP contribution in [-0.4, -0.2) is 40.6 Å². The fourth-order valence-corrected chi connectivity index (χ4v) is 2.09. The molecule has 2 N–H and O–H groups in total. The molecular weight excluding hydrogens is 232 g/mol. The van der Waals surface area contributed by atoms with Gasteiger partial charge in [0.15, 0.2) is 0 Å². The molecule has 1 atom stereocenters. The fourth-order valence-electron chi connectivity index (χ4n) is 2.09. The lowest BCUT2D eigenvalue weighted by Crippen LogP contribution is -2.55. The molecular formula is C13H26N2O3. The molecule has 0 aromatic carbocycles. The van der Waals surface area contributed by atoms with Crippen molar-refractivity contribution in [2.75, 3.05) is 7.05 Å². The summed E-state index contributed by atoms with van der Waals surface area (Å²) in [4.78, 5) is 24.4. The summed E-state index contributed by atoms with van der Waals surface area (Å²) in [5.41, 5.74) is -0.234. The van der Waals surface area contributed by atoms with Gasteiger partial charge in [0.1, 0.15) is 6.04 Å². The van der Waals surface area contributed by atoms with Gasteiger partial charge in [0.05, 0.1) is 0 Å². The number of amides is 2. The zero-order valence-electron chi connectivity index (χ0n) is 12.1. The number of hydrogen-bond acceptors (Lipinski definition) is 2. The van der Waals surface area contributed by atoms with Crippen LogP contribution in [0.5, 0.6) is 0 Å². The SMILES string of the molecule is CCC(C(=O)O)N(C)C(=O)NC(CC)(CC)CC. The van der Waals surface area contributed by atoms with Crippen LogP contribution in [0.1, 0.15) is 53.4 Å². The van der Waals surface area contributed by atoms with E-state index in [1.807, 2.05) is 20.8 Å². The van der Waals surface area contributed by atoms with Crippen LogP contribution >= 0.6 is 0 Å². The van der Waals surface area contributed by atoms with E-state index in [1.54, 1.807) is 6.92 Å². The van der Waals surface area contributed by atoms with Crippen molar-refractivity contribution >= 4 is 12.0 Å². The third-order valence-corrected chi connectivity index (χ3v) is 3.86. The van der Waals surface area contributed by atoms with E-state index in [1.165, 1.54) is 11.9 Å². The molecule has 1 unspecified atom stereocenters. The highest BCUT2D eigenvalue weighted by atomic mass is 16.4. The summed E-state index contributed by atoms with van der Waals surface area (Å²) in [6.45, 7) is 7.85. The molecule has 0 saturated heterocycles. The molecule has 0 saturated carbocycles. The minimum atomic E-state index is -0.967. The molecule has 5 nitrogen and oxygen atoms in total. The Morgan fingerprint density at radius 2 is 1.61 bits per heavy atom. The second-order valence-electron chi connectivity index (χ2n) is 4.64. The van der Waals surface area contributed by atoms with Crippen LogP contribution < -0.4 is 5.32 Å². The maximum absolute atomic E-state index is 12.1. The lowest BCUT2D eigenvalue weighted by molar-refractivity contribution is -0.141. The lowest BCUT2D eigenvalue weighted by Gasteiger charge is -2.35. The Bertz CT molecular complexity index is 280. The van der Waals surface area contributed by atoms with Crippen molar-refractivity contribution < 1.29 is 14.7 Å². The average molecular weight is 258 g/mol. The molecule has 0 spiro atoms. The van der Waals surface area contributed by atoms with E-state index in [-0.39, 0.29) is 11.6 Å². The van der Waals surface area contributed by atoms with Crippen molar-refractivity contribution in [1.29, 1.82) is 0 Å². The van der Waals surface area contributed by atoms with E-state index in [9.17, 15) is 9.59 Å². The van der Waals surface area contributed by atoms with Gasteiger partial charge in [0, 0.05) is 12.6 Å². The second-order valence-corrected chi connectivity index (χ2v) is 4.64. The summed E-state index contributed by atoms with van der Waals surface area (Å²) in [6, 6.07) is -1.08. The van der Waals surface area contributed by atoms with Crippen molar-refractivity contribution in [2.45, 2.75) is 65.0 Å². The Balaban J connectivity index is 4.79. The van der Waals surface area contributed by atoms with Gasteiger partial charge in [-0.3, -0.25) is 0 Å². The van der Waals surface area contributed by atoms with Gasteiger partial charge in [-0.15, -0.1) is 0 Å². The van der Waals surface area contributed by atoms with Crippen LogP contribution in [-0.2, 0) is 4.79 Å². The number of rotatable bonds is 7. The van der Waals surface area contributed by atoms with Crippen LogP contribution in [0.2, 0.25) is 0 Å². The van der Waals surface area contributed by atoms with E-state index in [0.29, 0.717) is 6.42 Å². The summed E-state index contributed by atoms with van der Waals surface area (Å²) >= 11 is 0. The maximum Gasteiger partial charge on any atom is 0.326 e. The van der Waals surface area contributed by atoms with E-state index in [0.717, 1.165) is 19.3 Å². The third-order valence-electron chi connectivity index (χ3n) is 3.86. The first-order valence-corrected chi connectivity index (χ1v) is 6.65. The monoisotopic (exact) mass is 258 g/mol. The standard InChI is InChI=1S/C13H26N2O3/c1-6-10(11(16)17)15(5)12(18)14-13(7-2,8-3)9-4/h10H,6-9H2,1-5H3,(H,14,18)(H,16,17). The van der Waals surface area contributed by atoms with Gasteiger partial charge in [-0.1, -0.05) is 27.7 Å². The highest BCUT2D eigenvalue weighted by molar-refractivity contribution is 5.82. The van der Waals surface area contributed by atoms with Crippen molar-refractivity contribution in [3.05, 3.63) is 0 Å². The number of aliphatic carboxylic acids is 1. The number of carboxylic acids is 1. The molecule has 0 aliphatic rings. The van der Waals surface area contributed by atoms with Crippen LogP contribution in [0, 0.1) is 0 Å². The Morgan fingerprint density at radius 3 is 1.89 bits per heavy atom. The van der Waals surface area contributed by atoms with Gasteiger partial charge >= 0.3 is 12.0 Å². The minimum absolute atomic E-state index is 0.234. The van der Waals surface area contributed by atoms with E-state index >= 15 is 0 Å². The first-order chi connectivity index (χ1) is 8.37. The summed E-state index contributed by atoms with van der Waals surface area (Å²) in [6.07, 6.45) is 2.91. The molecule has 0 rings (SSSR count). The maximum atomic E-state index is 12.1. The first-order valence-electron chi connectivity index (χ1n) is 6.65. The minimum Gasteiger partial charge on any atom is -0.480 e. The normalized spacial score (nSPS) is 12.9. The van der Waals surface area contributed by atoms with Gasteiger partial charge in [-0.05, 0) is 25.7 Å².